The second-order valence-corrected chi connectivity index (χ2v) is 9.34. The van der Waals surface area contributed by atoms with Crippen LogP contribution in [0.3, 0.4) is 0 Å². The molecule has 0 spiro atoms. The third-order valence-electron chi connectivity index (χ3n) is 4.19. The molecule has 0 radical (unpaired) electrons. The van der Waals surface area contributed by atoms with Gasteiger partial charge in [-0.05, 0) is 20.8 Å². The summed E-state index contributed by atoms with van der Waals surface area (Å²) in [5.41, 5.74) is 0. The van der Waals surface area contributed by atoms with Crippen molar-refractivity contribution in [2.24, 2.45) is 0 Å². The van der Waals surface area contributed by atoms with E-state index in [9.17, 15) is 18.6 Å². The summed E-state index contributed by atoms with van der Waals surface area (Å²) >= 11 is 1.03. The van der Waals surface area contributed by atoms with Crippen LogP contribution < -0.4 is 0 Å². The molecule has 0 amide bonds. The summed E-state index contributed by atoms with van der Waals surface area (Å²) in [7, 11) is -3.63. The highest BCUT2D eigenvalue weighted by atomic mass is 32.3. The third kappa shape index (κ3) is 2.47. The maximum atomic E-state index is 12.7. The highest BCUT2D eigenvalue weighted by Crippen LogP contribution is 2.47. The summed E-state index contributed by atoms with van der Waals surface area (Å²) in [4.78, 5) is 0. The van der Waals surface area contributed by atoms with Gasteiger partial charge in [0.1, 0.15) is 23.2 Å². The van der Waals surface area contributed by atoms with Crippen molar-refractivity contribution in [3.05, 3.63) is 10.00 Å². The zero-order valence-electron chi connectivity index (χ0n) is 12.7. The molecule has 5 atom stereocenters. The first-order valence-corrected chi connectivity index (χ1v) is 9.65. The average molecular weight is 351 g/mol. The van der Waals surface area contributed by atoms with Gasteiger partial charge in [-0.3, -0.25) is 0 Å². The average Bonchev–Trinajstić information content (AvgIpc) is 2.43. The van der Waals surface area contributed by atoms with Gasteiger partial charge in [-0.15, -0.1) is 0 Å². The molecule has 3 aliphatic rings. The Morgan fingerprint density at radius 2 is 2.00 bits per heavy atom. The molecular weight excluding hydrogens is 330 g/mol. The Morgan fingerprint density at radius 1 is 1.32 bits per heavy atom. The quantitative estimate of drug-likeness (QED) is 0.696. The number of aliphatic hydroxyl groups is 2. The molecule has 9 heteroatoms. The smallest absolute Gasteiger partial charge is 0.252 e. The van der Waals surface area contributed by atoms with Crippen molar-refractivity contribution in [2.45, 2.75) is 63.1 Å². The van der Waals surface area contributed by atoms with Crippen LogP contribution in [0.25, 0.3) is 0 Å². The number of aliphatic hydroxyl groups excluding tert-OH is 2. The minimum atomic E-state index is -3.63. The molecule has 22 heavy (non-hydrogen) atoms. The number of sulfonamides is 1. The van der Waals surface area contributed by atoms with Crippen molar-refractivity contribution in [3.63, 3.8) is 0 Å². The van der Waals surface area contributed by atoms with E-state index in [1.807, 2.05) is 13.8 Å². The van der Waals surface area contributed by atoms with Crippen LogP contribution in [0.15, 0.2) is 10.00 Å². The number of thioether (sulfide) groups is 1. The SMILES string of the molecule is CC1OC2OC3=C(SC2C(O)C1O)S(=O)(=O)N(C(C)C)CC3. The lowest BCUT2D eigenvalue weighted by Gasteiger charge is -2.45. The lowest BCUT2D eigenvalue weighted by molar-refractivity contribution is -0.230. The maximum absolute atomic E-state index is 12.7. The molecule has 3 rings (SSSR count). The first kappa shape index (κ1) is 16.5. The highest BCUT2D eigenvalue weighted by Gasteiger charge is 2.51. The fourth-order valence-corrected chi connectivity index (χ4v) is 6.64. The molecule has 126 valence electrons. The van der Waals surface area contributed by atoms with Crippen LogP contribution in [-0.4, -0.2) is 65.4 Å². The Balaban J connectivity index is 1.94. The van der Waals surface area contributed by atoms with E-state index in [-0.39, 0.29) is 10.3 Å². The predicted molar refractivity (Wildman–Crippen MR) is 81.2 cm³/mol. The van der Waals surface area contributed by atoms with E-state index in [4.69, 9.17) is 9.47 Å². The van der Waals surface area contributed by atoms with Crippen LogP contribution in [-0.2, 0) is 19.5 Å². The fraction of sp³-hybridized carbons (Fsp3) is 0.846. The van der Waals surface area contributed by atoms with E-state index >= 15 is 0 Å². The Bertz CT molecular complexity index is 589. The molecule has 3 heterocycles. The second-order valence-electron chi connectivity index (χ2n) is 6.06. The molecule has 3 aliphatic heterocycles. The Hall–Kier alpha value is -0.320. The van der Waals surface area contributed by atoms with Gasteiger partial charge in [-0.25, -0.2) is 8.42 Å². The summed E-state index contributed by atoms with van der Waals surface area (Å²) < 4.78 is 38.2. The van der Waals surface area contributed by atoms with E-state index in [0.29, 0.717) is 18.7 Å². The molecule has 0 aliphatic carbocycles. The maximum Gasteiger partial charge on any atom is 0.252 e. The number of nitrogens with zero attached hydrogens (tertiary/aromatic N) is 1. The molecule has 0 aromatic carbocycles. The molecule has 0 aromatic heterocycles. The Morgan fingerprint density at radius 3 is 2.64 bits per heavy atom. The van der Waals surface area contributed by atoms with E-state index in [1.165, 1.54) is 4.31 Å². The minimum absolute atomic E-state index is 0.137. The molecular formula is C13H21NO6S2. The fourth-order valence-electron chi connectivity index (χ4n) is 2.94. The zero-order valence-corrected chi connectivity index (χ0v) is 14.3. The van der Waals surface area contributed by atoms with Gasteiger partial charge in [0.2, 0.25) is 6.29 Å². The lowest BCUT2D eigenvalue weighted by Crippen LogP contribution is -2.58. The summed E-state index contributed by atoms with van der Waals surface area (Å²) in [6.45, 7) is 5.67. The van der Waals surface area contributed by atoms with E-state index in [0.717, 1.165) is 11.8 Å². The van der Waals surface area contributed by atoms with Crippen LogP contribution in [0.4, 0.5) is 0 Å². The molecule has 0 saturated carbocycles. The molecule has 0 aromatic rings. The zero-order chi connectivity index (χ0) is 16.2. The number of fused-ring (bicyclic) bond motifs is 1. The molecule has 5 unspecified atom stereocenters. The summed E-state index contributed by atoms with van der Waals surface area (Å²) in [6, 6.07) is -0.143. The lowest BCUT2D eigenvalue weighted by atomic mass is 10.0. The summed E-state index contributed by atoms with van der Waals surface area (Å²) in [5, 5.41) is 19.5. The highest BCUT2D eigenvalue weighted by molar-refractivity contribution is 8.18. The van der Waals surface area contributed by atoms with Crippen LogP contribution in [0, 0.1) is 0 Å². The first-order chi connectivity index (χ1) is 10.2. The van der Waals surface area contributed by atoms with Crippen molar-refractivity contribution >= 4 is 21.8 Å². The van der Waals surface area contributed by atoms with E-state index in [1.54, 1.807) is 6.92 Å². The van der Waals surface area contributed by atoms with Crippen LogP contribution in [0.2, 0.25) is 0 Å². The predicted octanol–water partition coefficient (Wildman–Crippen LogP) is 0.198. The van der Waals surface area contributed by atoms with Gasteiger partial charge in [0.05, 0.1) is 6.10 Å². The van der Waals surface area contributed by atoms with Crippen molar-refractivity contribution in [1.82, 2.24) is 4.31 Å². The molecule has 1 saturated heterocycles. The molecule has 7 nitrogen and oxygen atoms in total. The van der Waals surface area contributed by atoms with Crippen molar-refractivity contribution < 1.29 is 28.1 Å². The molecule has 1 fully saturated rings. The van der Waals surface area contributed by atoms with Gasteiger partial charge >= 0.3 is 0 Å². The first-order valence-electron chi connectivity index (χ1n) is 7.33. The van der Waals surface area contributed by atoms with Gasteiger partial charge in [-0.1, -0.05) is 11.8 Å². The standard InChI is InChI=1S/C13H21NO6S2/c1-6(2)14-5-4-8-13(22(14,17)18)21-11-10(16)9(15)7(3)19-12(11)20-8/h6-7,9-12,15-16H,4-5H2,1-3H3. The topological polar surface area (TPSA) is 96.3 Å². The molecule has 2 N–H and O–H groups in total. The van der Waals surface area contributed by atoms with Gasteiger partial charge in [-0.2, -0.15) is 4.31 Å². The Kier molecular flexibility index (Phi) is 4.24. The van der Waals surface area contributed by atoms with E-state index < -0.39 is 39.9 Å². The van der Waals surface area contributed by atoms with Gasteiger partial charge < -0.3 is 19.7 Å². The Labute approximate surface area is 134 Å². The number of hydrogen-bond donors (Lipinski definition) is 2. The molecule has 0 bridgehead atoms. The van der Waals surface area contributed by atoms with Crippen molar-refractivity contribution in [1.29, 1.82) is 0 Å². The van der Waals surface area contributed by atoms with Gasteiger partial charge in [0.15, 0.2) is 4.24 Å². The largest absolute Gasteiger partial charge is 0.466 e. The van der Waals surface area contributed by atoms with Crippen LogP contribution >= 0.6 is 11.8 Å². The minimum Gasteiger partial charge on any atom is -0.466 e. The van der Waals surface area contributed by atoms with Gasteiger partial charge in [0.25, 0.3) is 10.0 Å². The van der Waals surface area contributed by atoms with E-state index in [2.05, 4.69) is 0 Å². The second kappa shape index (κ2) is 5.64. The number of ether oxygens (including phenoxy) is 2. The normalized spacial score (nSPS) is 41.8. The number of hydrogen-bond acceptors (Lipinski definition) is 7. The number of rotatable bonds is 1. The van der Waals surface area contributed by atoms with Crippen LogP contribution in [0.1, 0.15) is 27.2 Å². The summed E-state index contributed by atoms with van der Waals surface area (Å²) in [5.74, 6) is 0.402. The summed E-state index contributed by atoms with van der Waals surface area (Å²) in [6.07, 6.45) is -2.98. The van der Waals surface area contributed by atoms with Crippen molar-refractivity contribution in [3.8, 4) is 0 Å². The van der Waals surface area contributed by atoms with Gasteiger partial charge in [0, 0.05) is 19.0 Å². The monoisotopic (exact) mass is 351 g/mol. The third-order valence-corrected chi connectivity index (χ3v) is 8.25. The van der Waals surface area contributed by atoms with Crippen LogP contribution in [0.5, 0.6) is 0 Å². The van der Waals surface area contributed by atoms with Crippen molar-refractivity contribution in [2.75, 3.05) is 6.54 Å².